The molecule has 0 saturated heterocycles. The molecule has 0 spiro atoms. The lowest BCUT2D eigenvalue weighted by Crippen LogP contribution is -2.42. The highest BCUT2D eigenvalue weighted by Gasteiger charge is 2.09. The fourth-order valence-corrected chi connectivity index (χ4v) is 2.34. The Hall–Kier alpha value is -2.87. The fourth-order valence-electron chi connectivity index (χ4n) is 1.71. The Morgan fingerprint density at radius 2 is 1.52 bits per heavy atom. The second-order valence-electron chi connectivity index (χ2n) is 4.70. The fraction of sp³-hybridized carbons (Fsp3) is 0.0667. The maximum atomic E-state index is 11.8. The van der Waals surface area contributed by atoms with Crippen molar-refractivity contribution in [1.29, 1.82) is 0 Å². The van der Waals surface area contributed by atoms with Crippen molar-refractivity contribution in [3.8, 4) is 0 Å². The quantitative estimate of drug-likeness (QED) is 0.737. The number of amides is 3. The van der Waals surface area contributed by atoms with Gasteiger partial charge in [-0.1, -0.05) is 18.2 Å². The zero-order valence-electron chi connectivity index (χ0n) is 12.2. The number of benzene rings is 2. The molecule has 0 heterocycles. The van der Waals surface area contributed by atoms with Gasteiger partial charge in [-0.15, -0.1) is 0 Å². The molecule has 0 unspecified atom stereocenters. The lowest BCUT2D eigenvalue weighted by molar-refractivity contribution is 0.0964. The van der Waals surface area contributed by atoms with Crippen LogP contribution < -0.4 is 16.2 Å². The smallest absolute Gasteiger partial charge is 0.297 e. The van der Waals surface area contributed by atoms with Gasteiger partial charge in [-0.3, -0.25) is 21.0 Å². The SMILES string of the molecule is CS(=O)(=O)c1ccc(NNC(=O)NC(=O)c2ccccc2)cc1. The molecule has 0 aliphatic heterocycles. The van der Waals surface area contributed by atoms with Crippen LogP contribution in [0.15, 0.2) is 59.5 Å². The third-order valence-corrected chi connectivity index (χ3v) is 3.99. The average Bonchev–Trinajstić information content (AvgIpc) is 2.53. The number of hydrogen-bond acceptors (Lipinski definition) is 5. The normalized spacial score (nSPS) is 10.7. The minimum atomic E-state index is -3.27. The summed E-state index contributed by atoms with van der Waals surface area (Å²) in [5.74, 6) is -0.530. The van der Waals surface area contributed by atoms with Gasteiger partial charge in [-0.05, 0) is 36.4 Å². The lowest BCUT2D eigenvalue weighted by Gasteiger charge is -2.09. The minimum Gasteiger partial charge on any atom is -0.297 e. The molecule has 3 amide bonds. The number of hydrogen-bond donors (Lipinski definition) is 3. The van der Waals surface area contributed by atoms with Gasteiger partial charge in [0.1, 0.15) is 0 Å². The van der Waals surface area contributed by atoms with Gasteiger partial charge in [0.15, 0.2) is 9.84 Å². The van der Waals surface area contributed by atoms with Crippen LogP contribution in [0.3, 0.4) is 0 Å². The van der Waals surface area contributed by atoms with E-state index in [1.807, 2.05) is 0 Å². The summed E-state index contributed by atoms with van der Waals surface area (Å²) in [6, 6.07) is 13.4. The summed E-state index contributed by atoms with van der Waals surface area (Å²) in [6.07, 6.45) is 1.11. The molecule has 0 aliphatic rings. The summed E-state index contributed by atoms with van der Waals surface area (Å²) in [6.45, 7) is 0. The zero-order valence-corrected chi connectivity index (χ0v) is 13.1. The van der Waals surface area contributed by atoms with Gasteiger partial charge in [0.2, 0.25) is 0 Å². The van der Waals surface area contributed by atoms with E-state index in [1.165, 1.54) is 24.3 Å². The highest BCUT2D eigenvalue weighted by atomic mass is 32.2. The molecule has 120 valence electrons. The van der Waals surface area contributed by atoms with E-state index in [0.717, 1.165) is 6.26 Å². The van der Waals surface area contributed by atoms with Gasteiger partial charge < -0.3 is 0 Å². The van der Waals surface area contributed by atoms with Crippen LogP contribution in [-0.2, 0) is 9.84 Å². The number of sulfone groups is 1. The number of rotatable bonds is 4. The van der Waals surface area contributed by atoms with Crippen LogP contribution in [-0.4, -0.2) is 26.6 Å². The van der Waals surface area contributed by atoms with Crippen molar-refractivity contribution in [1.82, 2.24) is 10.7 Å². The number of hydrazine groups is 1. The van der Waals surface area contributed by atoms with E-state index in [4.69, 9.17) is 0 Å². The number of urea groups is 1. The second-order valence-corrected chi connectivity index (χ2v) is 6.71. The monoisotopic (exact) mass is 333 g/mol. The lowest BCUT2D eigenvalue weighted by atomic mass is 10.2. The molecular formula is C15H15N3O4S. The molecule has 0 radical (unpaired) electrons. The van der Waals surface area contributed by atoms with Gasteiger partial charge >= 0.3 is 6.03 Å². The van der Waals surface area contributed by atoms with E-state index in [9.17, 15) is 18.0 Å². The van der Waals surface area contributed by atoms with Crippen LogP contribution in [0.2, 0.25) is 0 Å². The zero-order chi connectivity index (χ0) is 16.9. The van der Waals surface area contributed by atoms with Gasteiger partial charge in [-0.25, -0.2) is 13.2 Å². The van der Waals surface area contributed by atoms with Crippen molar-refractivity contribution in [3.05, 3.63) is 60.2 Å². The van der Waals surface area contributed by atoms with E-state index in [-0.39, 0.29) is 4.90 Å². The predicted octanol–water partition coefficient (Wildman–Crippen LogP) is 1.56. The Bertz CT molecular complexity index is 802. The molecule has 3 N–H and O–H groups in total. The first-order valence-electron chi connectivity index (χ1n) is 6.59. The van der Waals surface area contributed by atoms with Crippen LogP contribution in [0, 0.1) is 0 Å². The van der Waals surface area contributed by atoms with Gasteiger partial charge in [0.05, 0.1) is 10.6 Å². The average molecular weight is 333 g/mol. The van der Waals surface area contributed by atoms with Crippen LogP contribution in [0.5, 0.6) is 0 Å². The molecule has 0 saturated carbocycles. The van der Waals surface area contributed by atoms with E-state index < -0.39 is 21.8 Å². The number of nitrogens with one attached hydrogen (secondary N) is 3. The van der Waals surface area contributed by atoms with Crippen LogP contribution in [0.1, 0.15) is 10.4 Å². The molecule has 0 atom stereocenters. The molecule has 23 heavy (non-hydrogen) atoms. The Balaban J connectivity index is 1.88. The third kappa shape index (κ3) is 4.82. The molecular weight excluding hydrogens is 318 g/mol. The van der Waals surface area contributed by atoms with Crippen LogP contribution in [0.25, 0.3) is 0 Å². The highest BCUT2D eigenvalue weighted by Crippen LogP contribution is 2.12. The third-order valence-electron chi connectivity index (χ3n) is 2.87. The standard InChI is InChI=1S/C15H15N3O4S/c1-23(21,22)13-9-7-12(8-10-13)17-18-15(20)16-14(19)11-5-3-2-4-6-11/h2-10,17H,1H3,(H2,16,18,19,20). The number of imide groups is 1. The van der Waals surface area contributed by atoms with Crippen molar-refractivity contribution in [2.75, 3.05) is 11.7 Å². The van der Waals surface area contributed by atoms with Crippen molar-refractivity contribution in [2.45, 2.75) is 4.90 Å². The van der Waals surface area contributed by atoms with Gasteiger partial charge in [0, 0.05) is 11.8 Å². The molecule has 0 aliphatic carbocycles. The van der Waals surface area contributed by atoms with Crippen LogP contribution >= 0.6 is 0 Å². The Kier molecular flexibility index (Phi) is 4.97. The molecule has 2 rings (SSSR count). The molecule has 0 aromatic heterocycles. The molecule has 0 bridgehead atoms. The minimum absolute atomic E-state index is 0.173. The van der Waals surface area contributed by atoms with Gasteiger partial charge in [-0.2, -0.15) is 0 Å². The Labute approximate surface area is 133 Å². The summed E-state index contributed by atoms with van der Waals surface area (Å²) >= 11 is 0. The molecule has 2 aromatic rings. The summed E-state index contributed by atoms with van der Waals surface area (Å²) in [5, 5.41) is 2.15. The number of anilines is 1. The number of carbonyl (C=O) groups is 2. The molecule has 0 fully saturated rings. The predicted molar refractivity (Wildman–Crippen MR) is 85.6 cm³/mol. The summed E-state index contributed by atoms with van der Waals surface area (Å²) in [7, 11) is -3.27. The largest absolute Gasteiger partial charge is 0.340 e. The Morgan fingerprint density at radius 1 is 0.913 bits per heavy atom. The number of carbonyl (C=O) groups excluding carboxylic acids is 2. The van der Waals surface area contributed by atoms with Crippen molar-refractivity contribution >= 4 is 27.5 Å². The first-order valence-corrected chi connectivity index (χ1v) is 8.48. The molecule has 2 aromatic carbocycles. The summed E-state index contributed by atoms with van der Waals surface area (Å²) < 4.78 is 22.7. The maximum Gasteiger partial charge on any atom is 0.340 e. The summed E-state index contributed by atoms with van der Waals surface area (Å²) in [4.78, 5) is 23.6. The Morgan fingerprint density at radius 3 is 2.09 bits per heavy atom. The first kappa shape index (κ1) is 16.5. The van der Waals surface area contributed by atoms with Gasteiger partial charge in [0.25, 0.3) is 5.91 Å². The van der Waals surface area contributed by atoms with Crippen molar-refractivity contribution in [2.24, 2.45) is 0 Å². The molecule has 8 heteroatoms. The first-order chi connectivity index (χ1) is 10.9. The maximum absolute atomic E-state index is 11.8. The highest BCUT2D eigenvalue weighted by molar-refractivity contribution is 7.90. The van der Waals surface area contributed by atoms with Crippen LogP contribution in [0.4, 0.5) is 10.5 Å². The topological polar surface area (TPSA) is 104 Å². The van der Waals surface area contributed by atoms with E-state index in [1.54, 1.807) is 30.3 Å². The summed E-state index contributed by atoms with van der Waals surface area (Å²) in [5.41, 5.74) is 5.69. The van der Waals surface area contributed by atoms with Crippen molar-refractivity contribution in [3.63, 3.8) is 0 Å². The van der Waals surface area contributed by atoms with E-state index in [2.05, 4.69) is 16.2 Å². The second kappa shape index (κ2) is 6.93. The van der Waals surface area contributed by atoms with E-state index in [0.29, 0.717) is 11.3 Å². The van der Waals surface area contributed by atoms with E-state index >= 15 is 0 Å². The molecule has 7 nitrogen and oxygen atoms in total. The van der Waals surface area contributed by atoms with Crippen molar-refractivity contribution < 1.29 is 18.0 Å².